The molecule has 3 fully saturated rings. The quantitative estimate of drug-likeness (QED) is 0.925. The molecule has 5 heterocycles. The van der Waals surface area contributed by atoms with Gasteiger partial charge in [-0.1, -0.05) is 0 Å². The predicted octanol–water partition coefficient (Wildman–Crippen LogP) is 2.43. The van der Waals surface area contributed by atoms with E-state index in [-0.39, 0.29) is 17.5 Å². The van der Waals surface area contributed by atoms with E-state index in [0.29, 0.717) is 17.2 Å². The van der Waals surface area contributed by atoms with Gasteiger partial charge in [-0.3, -0.25) is 9.69 Å². The summed E-state index contributed by atoms with van der Waals surface area (Å²) < 4.78 is 5.23. The van der Waals surface area contributed by atoms with Gasteiger partial charge in [0.2, 0.25) is 5.71 Å². The summed E-state index contributed by atoms with van der Waals surface area (Å²) in [6.45, 7) is 6.76. The van der Waals surface area contributed by atoms with Gasteiger partial charge in [-0.25, -0.2) is 4.98 Å². The van der Waals surface area contributed by atoms with Crippen molar-refractivity contribution in [2.24, 2.45) is 5.92 Å². The molecule has 3 aliphatic rings. The van der Waals surface area contributed by atoms with Crippen molar-refractivity contribution in [2.45, 2.75) is 38.3 Å². The molecule has 1 N–H and O–H groups in total. The van der Waals surface area contributed by atoms with Crippen molar-refractivity contribution in [1.29, 1.82) is 0 Å². The Kier molecular flexibility index (Phi) is 3.01. The van der Waals surface area contributed by atoms with E-state index in [2.05, 4.69) is 29.0 Å². The number of piperidine rings is 3. The van der Waals surface area contributed by atoms with E-state index in [0.717, 1.165) is 18.5 Å². The Hall–Kier alpha value is -1.88. The standard InChI is InChI=1S/C17H21N3O2/c1-17(2)14(11-3-6-20(17)7-4-11)19-15(21)13-9-12-5-8-22-16(12)18-10-13/h5,8-11,14H,3-4,6-7H2,1-2H3,(H,19,21)/t14-/m0/s1. The average Bonchev–Trinajstić information content (AvgIpc) is 2.98. The number of nitrogens with zero attached hydrogens (tertiary/aromatic N) is 2. The Labute approximate surface area is 129 Å². The Bertz CT molecular complexity index is 714. The highest BCUT2D eigenvalue weighted by Gasteiger charge is 2.48. The normalized spacial score (nSPS) is 29.6. The van der Waals surface area contributed by atoms with E-state index < -0.39 is 0 Å². The topological polar surface area (TPSA) is 58.4 Å². The molecule has 5 rings (SSSR count). The van der Waals surface area contributed by atoms with Gasteiger partial charge in [0.05, 0.1) is 11.8 Å². The lowest BCUT2D eigenvalue weighted by Gasteiger charge is -2.56. The van der Waals surface area contributed by atoms with Crippen molar-refractivity contribution in [1.82, 2.24) is 15.2 Å². The molecule has 3 saturated heterocycles. The van der Waals surface area contributed by atoms with Gasteiger partial charge in [-0.15, -0.1) is 0 Å². The summed E-state index contributed by atoms with van der Waals surface area (Å²) in [5.41, 5.74) is 1.19. The second kappa shape index (κ2) is 4.81. The first-order valence-corrected chi connectivity index (χ1v) is 7.95. The molecule has 1 amide bonds. The third-order valence-electron chi connectivity index (χ3n) is 5.44. The van der Waals surface area contributed by atoms with Gasteiger partial charge in [-0.05, 0) is 57.8 Å². The number of fused-ring (bicyclic) bond motifs is 4. The molecular formula is C17H21N3O2. The van der Waals surface area contributed by atoms with Gasteiger partial charge in [0.1, 0.15) is 0 Å². The van der Waals surface area contributed by atoms with Gasteiger partial charge in [0, 0.05) is 23.2 Å². The van der Waals surface area contributed by atoms with Crippen molar-refractivity contribution in [2.75, 3.05) is 13.1 Å². The second-order valence-electron chi connectivity index (χ2n) is 6.97. The van der Waals surface area contributed by atoms with Crippen LogP contribution in [0.4, 0.5) is 0 Å². The van der Waals surface area contributed by atoms with Crippen LogP contribution in [0.15, 0.2) is 29.0 Å². The molecule has 0 aromatic carbocycles. The first-order valence-electron chi connectivity index (χ1n) is 7.95. The maximum Gasteiger partial charge on any atom is 0.253 e. The lowest BCUT2D eigenvalue weighted by Crippen LogP contribution is -2.69. The molecule has 0 aliphatic carbocycles. The van der Waals surface area contributed by atoms with Crippen LogP contribution in [0.3, 0.4) is 0 Å². The van der Waals surface area contributed by atoms with Gasteiger partial charge >= 0.3 is 0 Å². The molecular weight excluding hydrogens is 278 g/mol. The van der Waals surface area contributed by atoms with Crippen molar-refractivity contribution < 1.29 is 9.21 Å². The molecule has 0 spiro atoms. The van der Waals surface area contributed by atoms with Gasteiger partial charge < -0.3 is 9.73 Å². The zero-order valence-electron chi connectivity index (χ0n) is 13.0. The lowest BCUT2D eigenvalue weighted by atomic mass is 9.72. The maximum absolute atomic E-state index is 12.6. The van der Waals surface area contributed by atoms with Crippen LogP contribution in [0.2, 0.25) is 0 Å². The Morgan fingerprint density at radius 2 is 2.18 bits per heavy atom. The number of rotatable bonds is 2. The fourth-order valence-electron chi connectivity index (χ4n) is 4.08. The molecule has 1 atom stereocenters. The minimum Gasteiger partial charge on any atom is -0.446 e. The van der Waals surface area contributed by atoms with Crippen LogP contribution in [0.25, 0.3) is 11.1 Å². The molecule has 116 valence electrons. The van der Waals surface area contributed by atoms with Crippen LogP contribution >= 0.6 is 0 Å². The van der Waals surface area contributed by atoms with Crippen LogP contribution < -0.4 is 5.32 Å². The highest BCUT2D eigenvalue weighted by molar-refractivity contribution is 5.96. The molecule has 22 heavy (non-hydrogen) atoms. The number of hydrogen-bond donors (Lipinski definition) is 1. The van der Waals surface area contributed by atoms with Gasteiger partial charge in [0.15, 0.2) is 0 Å². The van der Waals surface area contributed by atoms with E-state index in [9.17, 15) is 4.79 Å². The molecule has 2 aromatic heterocycles. The summed E-state index contributed by atoms with van der Waals surface area (Å²) in [5, 5.41) is 4.12. The second-order valence-corrected chi connectivity index (χ2v) is 6.97. The van der Waals surface area contributed by atoms with Gasteiger partial charge in [-0.2, -0.15) is 0 Å². The smallest absolute Gasteiger partial charge is 0.253 e. The first kappa shape index (κ1) is 13.8. The minimum atomic E-state index is -0.0394. The lowest BCUT2D eigenvalue weighted by molar-refractivity contribution is -0.0378. The summed E-state index contributed by atoms with van der Waals surface area (Å²) in [6, 6.07) is 3.87. The number of amides is 1. The highest BCUT2D eigenvalue weighted by atomic mass is 16.3. The largest absolute Gasteiger partial charge is 0.446 e. The van der Waals surface area contributed by atoms with Crippen LogP contribution in [0.1, 0.15) is 37.0 Å². The van der Waals surface area contributed by atoms with E-state index in [1.165, 1.54) is 12.8 Å². The number of aromatic nitrogens is 1. The monoisotopic (exact) mass is 299 g/mol. The molecule has 2 aromatic rings. The summed E-state index contributed by atoms with van der Waals surface area (Å²) in [6.07, 6.45) is 5.53. The summed E-state index contributed by atoms with van der Waals surface area (Å²) in [5.74, 6) is 0.539. The van der Waals surface area contributed by atoms with Crippen molar-refractivity contribution in [3.05, 3.63) is 30.2 Å². The Morgan fingerprint density at radius 1 is 1.41 bits per heavy atom. The van der Waals surface area contributed by atoms with Crippen molar-refractivity contribution in [3.8, 4) is 0 Å². The molecule has 0 unspecified atom stereocenters. The molecule has 0 saturated carbocycles. The SMILES string of the molecule is CC1(C)[C@@H](NC(=O)c2cnc3occc3c2)C2CCN1CC2. The maximum atomic E-state index is 12.6. The minimum absolute atomic E-state index is 0.0179. The number of furan rings is 1. The van der Waals surface area contributed by atoms with E-state index in [1.807, 2.05) is 12.1 Å². The summed E-state index contributed by atoms with van der Waals surface area (Å²) >= 11 is 0. The van der Waals surface area contributed by atoms with Crippen LogP contribution in [0, 0.1) is 5.92 Å². The molecule has 5 nitrogen and oxygen atoms in total. The van der Waals surface area contributed by atoms with E-state index in [4.69, 9.17) is 4.42 Å². The number of hydrogen-bond acceptors (Lipinski definition) is 4. The zero-order valence-corrected chi connectivity index (χ0v) is 13.0. The fourth-order valence-corrected chi connectivity index (χ4v) is 4.08. The third kappa shape index (κ3) is 2.03. The molecule has 3 aliphatic heterocycles. The number of carbonyl (C=O) groups excluding carboxylic acids is 1. The van der Waals surface area contributed by atoms with Crippen molar-refractivity contribution in [3.63, 3.8) is 0 Å². The molecule has 0 radical (unpaired) electrons. The fraction of sp³-hybridized carbons (Fsp3) is 0.529. The van der Waals surface area contributed by atoms with Gasteiger partial charge in [0.25, 0.3) is 5.91 Å². The Morgan fingerprint density at radius 3 is 2.91 bits per heavy atom. The Balaban J connectivity index is 1.58. The van der Waals surface area contributed by atoms with E-state index in [1.54, 1.807) is 12.5 Å². The zero-order chi connectivity index (χ0) is 15.3. The summed E-state index contributed by atoms with van der Waals surface area (Å²) in [4.78, 5) is 19.3. The number of nitrogens with one attached hydrogen (secondary N) is 1. The highest BCUT2D eigenvalue weighted by Crippen LogP contribution is 2.39. The van der Waals surface area contributed by atoms with Crippen LogP contribution in [0.5, 0.6) is 0 Å². The average molecular weight is 299 g/mol. The van der Waals surface area contributed by atoms with Crippen LogP contribution in [-0.2, 0) is 0 Å². The number of pyridine rings is 1. The first-order chi connectivity index (χ1) is 10.6. The third-order valence-corrected chi connectivity index (χ3v) is 5.44. The molecule has 2 bridgehead atoms. The molecule has 5 heteroatoms. The van der Waals surface area contributed by atoms with Crippen molar-refractivity contribution >= 4 is 17.0 Å². The summed E-state index contributed by atoms with van der Waals surface area (Å²) in [7, 11) is 0. The number of carbonyl (C=O) groups is 1. The van der Waals surface area contributed by atoms with Crippen LogP contribution in [-0.4, -0.2) is 40.5 Å². The predicted molar refractivity (Wildman–Crippen MR) is 83.6 cm³/mol. The van der Waals surface area contributed by atoms with E-state index >= 15 is 0 Å².